The number of likely N-dealkylation sites (tertiary alicyclic amines) is 1. The van der Waals surface area contributed by atoms with Crippen LogP contribution in [0, 0.1) is 5.92 Å². The second-order valence-corrected chi connectivity index (χ2v) is 18.6. The standard InChI is InChI=1S/C31H46N6O10S2/c1-19(2)25(35-28(41)47-30(3,4)5)27(40)36-14-22(46-29(42)45-16-31(6,7)48-49(8,43)44)13-24(36)26(39)34-23(15-38)20-9-11-21(12-10-20)37-18-32-17-33-37/h9-12,17-19,22-25,38H,13-16H2,1-8H3,(H,34,39)(H,35,41)/t22-,23+,24+,25+/m1/s1. The van der Waals surface area contributed by atoms with E-state index in [0.29, 0.717) is 22.0 Å². The predicted molar refractivity (Wildman–Crippen MR) is 180 cm³/mol. The molecular weight excluding hydrogens is 681 g/mol. The van der Waals surface area contributed by atoms with E-state index in [1.807, 2.05) is 0 Å². The number of amides is 3. The summed E-state index contributed by atoms with van der Waals surface area (Å²) in [5.74, 6) is -1.65. The van der Waals surface area contributed by atoms with Gasteiger partial charge >= 0.3 is 12.2 Å². The summed E-state index contributed by atoms with van der Waals surface area (Å²) in [5.41, 5.74) is 0.456. The van der Waals surface area contributed by atoms with Gasteiger partial charge in [-0.15, -0.1) is 0 Å². The number of rotatable bonds is 13. The number of hydrogen-bond donors (Lipinski definition) is 3. The van der Waals surface area contributed by atoms with Gasteiger partial charge in [0.15, 0.2) is 8.87 Å². The van der Waals surface area contributed by atoms with Crippen molar-refractivity contribution in [1.82, 2.24) is 30.3 Å². The number of benzene rings is 1. The first-order valence-electron chi connectivity index (χ1n) is 15.6. The van der Waals surface area contributed by atoms with E-state index in [-0.39, 0.29) is 19.6 Å². The molecule has 0 aliphatic carbocycles. The van der Waals surface area contributed by atoms with Crippen molar-refractivity contribution in [3.63, 3.8) is 0 Å². The van der Waals surface area contributed by atoms with Crippen molar-refractivity contribution in [3.05, 3.63) is 42.5 Å². The van der Waals surface area contributed by atoms with Crippen molar-refractivity contribution in [1.29, 1.82) is 0 Å². The summed E-state index contributed by atoms with van der Waals surface area (Å²) >= 11 is 0. The lowest BCUT2D eigenvalue weighted by Gasteiger charge is -2.31. The van der Waals surface area contributed by atoms with E-state index < -0.39 is 80.0 Å². The van der Waals surface area contributed by atoms with Crippen LogP contribution in [-0.2, 0) is 32.7 Å². The number of nitrogens with zero attached hydrogens (tertiary/aromatic N) is 4. The van der Waals surface area contributed by atoms with Crippen LogP contribution in [0.25, 0.3) is 5.69 Å². The van der Waals surface area contributed by atoms with Crippen LogP contribution in [0.1, 0.15) is 66.5 Å². The number of carbonyl (C=O) groups excluding carboxylic acids is 4. The number of ether oxygens (including phenoxy) is 3. The van der Waals surface area contributed by atoms with Gasteiger partial charge in [-0.05, 0) is 69.0 Å². The van der Waals surface area contributed by atoms with E-state index in [2.05, 4.69) is 20.7 Å². The number of carbonyl (C=O) groups is 4. The highest BCUT2D eigenvalue weighted by Crippen LogP contribution is 2.30. The molecule has 0 unspecified atom stereocenters. The molecule has 16 nitrogen and oxygen atoms in total. The van der Waals surface area contributed by atoms with E-state index >= 15 is 0 Å². The quantitative estimate of drug-likeness (QED) is 0.201. The van der Waals surface area contributed by atoms with Crippen LogP contribution in [0.5, 0.6) is 0 Å². The molecule has 4 atom stereocenters. The molecule has 1 aliphatic rings. The van der Waals surface area contributed by atoms with Crippen LogP contribution in [0.2, 0.25) is 0 Å². The minimum atomic E-state index is -3.43. The monoisotopic (exact) mass is 726 g/mol. The molecule has 0 spiro atoms. The molecule has 49 heavy (non-hydrogen) atoms. The zero-order valence-electron chi connectivity index (χ0n) is 28.9. The number of hydrogen-bond acceptors (Lipinski definition) is 13. The molecule has 1 fully saturated rings. The normalized spacial score (nSPS) is 18.0. The summed E-state index contributed by atoms with van der Waals surface area (Å²) in [7, 11) is -2.80. The maximum Gasteiger partial charge on any atom is 0.508 e. The van der Waals surface area contributed by atoms with Gasteiger partial charge in [0.05, 0.1) is 29.6 Å². The fourth-order valence-corrected chi connectivity index (χ4v) is 8.57. The van der Waals surface area contributed by atoms with Gasteiger partial charge in [-0.3, -0.25) is 9.59 Å². The molecule has 1 aliphatic heterocycles. The Hall–Kier alpha value is -3.90. The van der Waals surface area contributed by atoms with Gasteiger partial charge < -0.3 is 34.9 Å². The van der Waals surface area contributed by atoms with Crippen molar-refractivity contribution in [2.24, 2.45) is 5.92 Å². The molecule has 0 saturated carbocycles. The Morgan fingerprint density at radius 3 is 2.27 bits per heavy atom. The van der Waals surface area contributed by atoms with Crippen LogP contribution in [0.3, 0.4) is 0 Å². The number of alkyl carbamates (subject to hydrolysis) is 1. The fourth-order valence-electron chi connectivity index (χ4n) is 5.04. The maximum absolute atomic E-state index is 14.0. The summed E-state index contributed by atoms with van der Waals surface area (Å²) in [4.78, 5) is 58.3. The minimum Gasteiger partial charge on any atom is -0.444 e. The molecule has 0 radical (unpaired) electrons. The van der Waals surface area contributed by atoms with Gasteiger partial charge in [0.2, 0.25) is 11.8 Å². The molecule has 2 heterocycles. The van der Waals surface area contributed by atoms with Gasteiger partial charge in [0, 0.05) is 12.7 Å². The number of aliphatic hydroxyl groups is 1. The van der Waals surface area contributed by atoms with Crippen LogP contribution < -0.4 is 10.6 Å². The second-order valence-electron chi connectivity index (χ2n) is 13.6. The molecule has 18 heteroatoms. The lowest BCUT2D eigenvalue weighted by Crippen LogP contribution is -2.56. The topological polar surface area (TPSA) is 208 Å². The molecule has 3 amide bonds. The molecule has 272 valence electrons. The first-order valence-corrected chi connectivity index (χ1v) is 18.8. The molecule has 1 saturated heterocycles. The molecule has 3 rings (SSSR count). The number of aliphatic hydroxyl groups excluding tert-OH is 1. The van der Waals surface area contributed by atoms with Crippen LogP contribution in [-0.4, -0.2) is 112 Å². The fraction of sp³-hybridized carbons (Fsp3) is 0.613. The zero-order chi connectivity index (χ0) is 36.7. The molecule has 0 bridgehead atoms. The zero-order valence-corrected chi connectivity index (χ0v) is 30.5. The lowest BCUT2D eigenvalue weighted by atomic mass is 10.0. The third-order valence-corrected chi connectivity index (χ3v) is 10.2. The average molecular weight is 727 g/mol. The van der Waals surface area contributed by atoms with Gasteiger partial charge in [-0.2, -0.15) is 5.10 Å². The van der Waals surface area contributed by atoms with Gasteiger partial charge in [0.25, 0.3) is 0 Å². The van der Waals surface area contributed by atoms with Gasteiger partial charge in [0.1, 0.15) is 43.1 Å². The highest BCUT2D eigenvalue weighted by Gasteiger charge is 2.45. The molecule has 1 aromatic heterocycles. The van der Waals surface area contributed by atoms with Crippen molar-refractivity contribution in [3.8, 4) is 5.69 Å². The highest BCUT2D eigenvalue weighted by molar-refractivity contribution is 8.72. The maximum atomic E-state index is 14.0. The third kappa shape index (κ3) is 12.2. The van der Waals surface area contributed by atoms with Crippen LogP contribution in [0.15, 0.2) is 36.9 Å². The summed E-state index contributed by atoms with van der Waals surface area (Å²) in [6.45, 7) is 10.7. The van der Waals surface area contributed by atoms with Crippen molar-refractivity contribution in [2.45, 2.75) is 89.5 Å². The Labute approximate surface area is 289 Å². The van der Waals surface area contributed by atoms with Crippen molar-refractivity contribution in [2.75, 3.05) is 26.0 Å². The van der Waals surface area contributed by atoms with E-state index in [1.165, 1.54) is 17.6 Å². The van der Waals surface area contributed by atoms with E-state index in [4.69, 9.17) is 14.2 Å². The Bertz CT molecular complexity index is 1560. The summed E-state index contributed by atoms with van der Waals surface area (Å²) < 4.78 is 40.0. The molecule has 3 N–H and O–H groups in total. The first kappa shape index (κ1) is 39.5. The first-order chi connectivity index (χ1) is 22.7. The van der Waals surface area contributed by atoms with E-state index in [9.17, 15) is 32.7 Å². The number of aromatic nitrogens is 3. The largest absolute Gasteiger partial charge is 0.508 e. The summed E-state index contributed by atoms with van der Waals surface area (Å²) in [6.07, 6.45) is 0.939. The van der Waals surface area contributed by atoms with E-state index in [1.54, 1.807) is 77.4 Å². The van der Waals surface area contributed by atoms with Gasteiger partial charge in [-0.25, -0.2) is 27.7 Å². The minimum absolute atomic E-state index is 0.116. The molecular formula is C31H46N6O10S2. The Balaban J connectivity index is 1.81. The van der Waals surface area contributed by atoms with Crippen molar-refractivity contribution < 1.29 is 46.9 Å². The Morgan fingerprint density at radius 2 is 1.73 bits per heavy atom. The highest BCUT2D eigenvalue weighted by atomic mass is 33.1. The van der Waals surface area contributed by atoms with Crippen LogP contribution >= 0.6 is 10.8 Å². The second kappa shape index (κ2) is 16.2. The van der Waals surface area contributed by atoms with E-state index in [0.717, 1.165) is 6.26 Å². The SMILES string of the molecule is CC(C)[C@H](NC(=O)OC(C)(C)C)C(=O)N1C[C@H](OC(=O)OCC(C)(C)SS(C)(=O)=O)C[C@H]1C(=O)N[C@@H](CO)c1ccc(-n2cncn2)cc1. The van der Waals surface area contributed by atoms with Gasteiger partial charge in [-0.1, -0.05) is 26.0 Å². The van der Waals surface area contributed by atoms with Crippen molar-refractivity contribution >= 4 is 43.7 Å². The smallest absolute Gasteiger partial charge is 0.444 e. The number of nitrogens with one attached hydrogen (secondary N) is 2. The lowest BCUT2D eigenvalue weighted by molar-refractivity contribution is -0.141. The predicted octanol–water partition coefficient (Wildman–Crippen LogP) is 2.56. The Morgan fingerprint density at radius 1 is 1.08 bits per heavy atom. The summed E-state index contributed by atoms with van der Waals surface area (Å²) in [6, 6.07) is 3.79. The summed E-state index contributed by atoms with van der Waals surface area (Å²) in [5, 5.41) is 19.7. The molecule has 1 aromatic carbocycles. The average Bonchev–Trinajstić information content (AvgIpc) is 3.66. The van der Waals surface area contributed by atoms with Crippen LogP contribution in [0.4, 0.5) is 9.59 Å². The molecule has 2 aromatic rings. The third-order valence-electron chi connectivity index (χ3n) is 7.11. The Kier molecular flexibility index (Phi) is 13.1.